The van der Waals surface area contributed by atoms with Gasteiger partial charge in [-0.15, -0.1) is 5.10 Å². The molecule has 0 spiro atoms. The standard InChI is InChI=1S/C19H21ClN6O2/c1-12(2)17-21-18(28-23-17)16-11-26(24-22-16)15-7-4-8-25(10-15)19(27)13-5-3-6-14(20)9-13/h3,5-6,9,11-12,15H,4,7-8,10H2,1-2H3/t15-/m0/s1. The highest BCUT2D eigenvalue weighted by Gasteiger charge is 2.27. The van der Waals surface area contributed by atoms with Gasteiger partial charge in [-0.2, -0.15) is 4.98 Å². The summed E-state index contributed by atoms with van der Waals surface area (Å²) < 4.78 is 7.07. The number of piperidine rings is 1. The van der Waals surface area contributed by atoms with E-state index in [1.165, 1.54) is 0 Å². The number of hydrogen-bond acceptors (Lipinski definition) is 6. The van der Waals surface area contributed by atoms with Crippen molar-refractivity contribution in [2.75, 3.05) is 13.1 Å². The second kappa shape index (κ2) is 7.71. The molecule has 9 heteroatoms. The summed E-state index contributed by atoms with van der Waals surface area (Å²) in [5.74, 6) is 1.15. The van der Waals surface area contributed by atoms with Crippen molar-refractivity contribution >= 4 is 17.5 Å². The molecule has 146 valence electrons. The lowest BCUT2D eigenvalue weighted by atomic mass is 10.0. The van der Waals surface area contributed by atoms with Gasteiger partial charge in [0.15, 0.2) is 11.5 Å². The Morgan fingerprint density at radius 1 is 1.36 bits per heavy atom. The summed E-state index contributed by atoms with van der Waals surface area (Å²) in [6.45, 7) is 5.28. The highest BCUT2D eigenvalue weighted by molar-refractivity contribution is 6.30. The Hall–Kier alpha value is -2.74. The Morgan fingerprint density at radius 3 is 2.96 bits per heavy atom. The van der Waals surface area contributed by atoms with Crippen molar-refractivity contribution in [1.29, 1.82) is 0 Å². The third kappa shape index (κ3) is 3.77. The molecule has 1 aromatic carbocycles. The van der Waals surface area contributed by atoms with Gasteiger partial charge in [0, 0.05) is 29.6 Å². The first-order valence-electron chi connectivity index (χ1n) is 9.32. The van der Waals surface area contributed by atoms with Crippen LogP contribution in [0.5, 0.6) is 0 Å². The quantitative estimate of drug-likeness (QED) is 0.664. The molecule has 0 bridgehead atoms. The van der Waals surface area contributed by atoms with Crippen LogP contribution in [0.4, 0.5) is 0 Å². The number of hydrogen-bond donors (Lipinski definition) is 0. The number of carbonyl (C=O) groups is 1. The van der Waals surface area contributed by atoms with Crippen molar-refractivity contribution in [1.82, 2.24) is 30.0 Å². The lowest BCUT2D eigenvalue weighted by molar-refractivity contribution is 0.0672. The molecule has 3 heterocycles. The second-order valence-electron chi connectivity index (χ2n) is 7.25. The second-order valence-corrected chi connectivity index (χ2v) is 7.69. The molecule has 1 amide bonds. The lowest BCUT2D eigenvalue weighted by Gasteiger charge is -2.32. The summed E-state index contributed by atoms with van der Waals surface area (Å²) in [4.78, 5) is 19.0. The molecule has 0 saturated carbocycles. The molecule has 1 aliphatic heterocycles. The van der Waals surface area contributed by atoms with Crippen LogP contribution < -0.4 is 0 Å². The van der Waals surface area contributed by atoms with Crippen LogP contribution in [0.15, 0.2) is 35.0 Å². The fourth-order valence-corrected chi connectivity index (χ4v) is 3.48. The van der Waals surface area contributed by atoms with Crippen LogP contribution >= 0.6 is 11.6 Å². The fourth-order valence-electron chi connectivity index (χ4n) is 3.29. The number of carbonyl (C=O) groups excluding carboxylic acids is 1. The zero-order chi connectivity index (χ0) is 19.7. The monoisotopic (exact) mass is 400 g/mol. The van der Waals surface area contributed by atoms with E-state index in [1.54, 1.807) is 35.1 Å². The first-order valence-corrected chi connectivity index (χ1v) is 9.69. The van der Waals surface area contributed by atoms with E-state index in [1.807, 2.05) is 18.7 Å². The van der Waals surface area contributed by atoms with Gasteiger partial charge in [-0.05, 0) is 31.0 Å². The first-order chi connectivity index (χ1) is 13.5. The van der Waals surface area contributed by atoms with Gasteiger partial charge in [-0.1, -0.05) is 41.9 Å². The SMILES string of the molecule is CC(C)c1noc(-c2cn([C@H]3CCCN(C(=O)c4cccc(Cl)c4)C3)nn2)n1. The maximum Gasteiger partial charge on any atom is 0.280 e. The molecule has 4 rings (SSSR count). The highest BCUT2D eigenvalue weighted by Crippen LogP contribution is 2.25. The molecule has 0 aliphatic carbocycles. The number of aromatic nitrogens is 5. The maximum atomic E-state index is 12.8. The van der Waals surface area contributed by atoms with Crippen LogP contribution in [0.25, 0.3) is 11.6 Å². The van der Waals surface area contributed by atoms with Crippen LogP contribution in [0, 0.1) is 0 Å². The van der Waals surface area contributed by atoms with E-state index >= 15 is 0 Å². The van der Waals surface area contributed by atoms with Crippen molar-refractivity contribution in [3.63, 3.8) is 0 Å². The zero-order valence-corrected chi connectivity index (χ0v) is 16.5. The number of rotatable bonds is 4. The Bertz CT molecular complexity index is 982. The average Bonchev–Trinajstić information content (AvgIpc) is 3.37. The lowest BCUT2D eigenvalue weighted by Crippen LogP contribution is -2.40. The maximum absolute atomic E-state index is 12.8. The largest absolute Gasteiger partial charge is 0.337 e. The molecule has 1 fully saturated rings. The van der Waals surface area contributed by atoms with Crippen LogP contribution in [-0.2, 0) is 0 Å². The molecule has 0 radical (unpaired) electrons. The number of amides is 1. The van der Waals surface area contributed by atoms with Gasteiger partial charge in [-0.25, -0.2) is 4.68 Å². The van der Waals surface area contributed by atoms with Gasteiger partial charge in [-0.3, -0.25) is 4.79 Å². The third-order valence-corrected chi connectivity index (χ3v) is 5.05. The first kappa shape index (κ1) is 18.6. The summed E-state index contributed by atoms with van der Waals surface area (Å²) in [5, 5.41) is 12.9. The van der Waals surface area contributed by atoms with E-state index in [0.717, 1.165) is 12.8 Å². The predicted octanol–water partition coefficient (Wildman–Crippen LogP) is 3.58. The van der Waals surface area contributed by atoms with E-state index < -0.39 is 0 Å². The summed E-state index contributed by atoms with van der Waals surface area (Å²) in [5.41, 5.74) is 1.14. The molecule has 1 saturated heterocycles. The number of nitrogens with zero attached hydrogens (tertiary/aromatic N) is 6. The Balaban J connectivity index is 1.49. The van der Waals surface area contributed by atoms with Crippen molar-refractivity contribution in [3.05, 3.63) is 46.9 Å². The zero-order valence-electron chi connectivity index (χ0n) is 15.7. The summed E-state index contributed by atoms with van der Waals surface area (Å²) in [6, 6.07) is 7.08. The van der Waals surface area contributed by atoms with E-state index in [-0.39, 0.29) is 17.9 Å². The van der Waals surface area contributed by atoms with Gasteiger partial charge < -0.3 is 9.42 Å². The van der Waals surface area contributed by atoms with E-state index in [2.05, 4.69) is 20.5 Å². The molecule has 0 N–H and O–H groups in total. The average molecular weight is 401 g/mol. The molecular weight excluding hydrogens is 380 g/mol. The van der Waals surface area contributed by atoms with Gasteiger partial charge in [0.1, 0.15) is 0 Å². The third-order valence-electron chi connectivity index (χ3n) is 4.82. The highest BCUT2D eigenvalue weighted by atomic mass is 35.5. The number of halogens is 1. The predicted molar refractivity (Wildman–Crippen MR) is 103 cm³/mol. The van der Waals surface area contributed by atoms with Crippen molar-refractivity contribution in [2.45, 2.75) is 38.6 Å². The van der Waals surface area contributed by atoms with E-state index in [9.17, 15) is 4.79 Å². The summed E-state index contributed by atoms with van der Waals surface area (Å²) >= 11 is 6.02. The van der Waals surface area contributed by atoms with Crippen LogP contribution in [0.2, 0.25) is 5.02 Å². The Labute approximate surface area is 167 Å². The topological polar surface area (TPSA) is 89.9 Å². The van der Waals surface area contributed by atoms with Crippen molar-refractivity contribution in [2.24, 2.45) is 0 Å². The fraction of sp³-hybridized carbons (Fsp3) is 0.421. The molecule has 8 nitrogen and oxygen atoms in total. The van der Waals surface area contributed by atoms with Gasteiger partial charge >= 0.3 is 0 Å². The van der Waals surface area contributed by atoms with Crippen LogP contribution in [0.3, 0.4) is 0 Å². The Kier molecular flexibility index (Phi) is 5.13. The summed E-state index contributed by atoms with van der Waals surface area (Å²) in [7, 11) is 0. The summed E-state index contributed by atoms with van der Waals surface area (Å²) in [6.07, 6.45) is 3.61. The minimum Gasteiger partial charge on any atom is -0.337 e. The number of likely N-dealkylation sites (tertiary alicyclic amines) is 1. The van der Waals surface area contributed by atoms with Crippen LogP contribution in [0.1, 0.15) is 54.8 Å². The minimum atomic E-state index is -0.0222. The van der Waals surface area contributed by atoms with Gasteiger partial charge in [0.05, 0.1) is 12.2 Å². The molecule has 2 aromatic heterocycles. The molecule has 0 unspecified atom stereocenters. The smallest absolute Gasteiger partial charge is 0.280 e. The molecule has 1 aliphatic rings. The molecule has 28 heavy (non-hydrogen) atoms. The molecular formula is C19H21ClN6O2. The molecule has 1 atom stereocenters. The molecule has 3 aromatic rings. The van der Waals surface area contributed by atoms with E-state index in [0.29, 0.717) is 41.1 Å². The number of benzene rings is 1. The van der Waals surface area contributed by atoms with Crippen molar-refractivity contribution < 1.29 is 9.32 Å². The Morgan fingerprint density at radius 2 is 2.21 bits per heavy atom. The van der Waals surface area contributed by atoms with E-state index in [4.69, 9.17) is 16.1 Å². The minimum absolute atomic E-state index is 0.0222. The normalized spacial score (nSPS) is 17.3. The van der Waals surface area contributed by atoms with Gasteiger partial charge in [0.25, 0.3) is 11.8 Å². The van der Waals surface area contributed by atoms with Gasteiger partial charge in [0.2, 0.25) is 0 Å². The van der Waals surface area contributed by atoms with Crippen LogP contribution in [-0.4, -0.2) is 49.0 Å². The van der Waals surface area contributed by atoms with Crippen molar-refractivity contribution in [3.8, 4) is 11.6 Å².